The summed E-state index contributed by atoms with van der Waals surface area (Å²) in [5.41, 5.74) is -1.38. The Balaban J connectivity index is 2.54. The first-order valence-electron chi connectivity index (χ1n) is 5.59. The zero-order valence-electron chi connectivity index (χ0n) is 10.4. The van der Waals surface area contributed by atoms with E-state index in [2.05, 4.69) is 10.6 Å². The van der Waals surface area contributed by atoms with Crippen LogP contribution in [0.2, 0.25) is 0 Å². The van der Waals surface area contributed by atoms with Gasteiger partial charge in [-0.2, -0.15) is 0 Å². The van der Waals surface area contributed by atoms with E-state index in [4.69, 9.17) is 4.74 Å². The fourth-order valence-electron chi connectivity index (χ4n) is 1.64. The fraction of sp³-hybridized carbons (Fsp3) is 0.909. The second-order valence-electron chi connectivity index (χ2n) is 5.47. The number of nitrogens with one attached hydrogen (secondary N) is 2. The number of hydrogen-bond donors (Lipinski definition) is 2. The van der Waals surface area contributed by atoms with Crippen LogP contribution in [0.15, 0.2) is 0 Å². The first-order valence-corrected chi connectivity index (χ1v) is 5.59. The third-order valence-electron chi connectivity index (χ3n) is 2.62. The molecule has 1 amide bonds. The smallest absolute Gasteiger partial charge is 0.408 e. The number of alkyl halides is 1. The minimum absolute atomic E-state index is 0.270. The second kappa shape index (κ2) is 4.57. The summed E-state index contributed by atoms with van der Waals surface area (Å²) >= 11 is 0. The maximum atomic E-state index is 13.7. The molecular formula is C11H21FN2O2. The molecule has 1 heterocycles. The molecule has 1 rings (SSSR count). The Morgan fingerprint density at radius 3 is 2.69 bits per heavy atom. The Labute approximate surface area is 95.9 Å². The number of carbonyl (C=O) groups is 1. The van der Waals surface area contributed by atoms with E-state index in [9.17, 15) is 9.18 Å². The van der Waals surface area contributed by atoms with Crippen molar-refractivity contribution in [1.82, 2.24) is 10.6 Å². The average Bonchev–Trinajstić information content (AvgIpc) is 2.06. The van der Waals surface area contributed by atoms with Crippen LogP contribution in [-0.2, 0) is 4.74 Å². The molecule has 1 aliphatic heterocycles. The van der Waals surface area contributed by atoms with E-state index in [0.29, 0.717) is 13.0 Å². The van der Waals surface area contributed by atoms with Crippen molar-refractivity contribution in [2.24, 2.45) is 0 Å². The van der Waals surface area contributed by atoms with Crippen LogP contribution in [0.25, 0.3) is 0 Å². The van der Waals surface area contributed by atoms with E-state index >= 15 is 0 Å². The number of rotatable bonds is 1. The van der Waals surface area contributed by atoms with E-state index in [1.165, 1.54) is 0 Å². The molecule has 94 valence electrons. The van der Waals surface area contributed by atoms with Crippen molar-refractivity contribution in [2.75, 3.05) is 13.1 Å². The molecule has 0 aliphatic carbocycles. The zero-order valence-corrected chi connectivity index (χ0v) is 10.4. The number of hydrogen-bond acceptors (Lipinski definition) is 3. The maximum absolute atomic E-state index is 13.7. The third kappa shape index (κ3) is 3.63. The predicted octanol–water partition coefficient (Wildman–Crippen LogP) is 1.60. The van der Waals surface area contributed by atoms with Crippen LogP contribution < -0.4 is 10.6 Å². The van der Waals surface area contributed by atoms with Crippen molar-refractivity contribution >= 4 is 6.09 Å². The van der Waals surface area contributed by atoms with Gasteiger partial charge in [0.05, 0.1) is 5.54 Å². The van der Waals surface area contributed by atoms with Gasteiger partial charge in [-0.15, -0.1) is 0 Å². The van der Waals surface area contributed by atoms with Gasteiger partial charge in [0.25, 0.3) is 0 Å². The summed E-state index contributed by atoms with van der Waals surface area (Å²) in [4.78, 5) is 11.6. The number of amides is 1. The lowest BCUT2D eigenvalue weighted by Gasteiger charge is -2.38. The Bertz CT molecular complexity index is 265. The Morgan fingerprint density at radius 2 is 2.19 bits per heavy atom. The van der Waals surface area contributed by atoms with Gasteiger partial charge in [-0.1, -0.05) is 0 Å². The van der Waals surface area contributed by atoms with Gasteiger partial charge in [0.1, 0.15) is 11.8 Å². The van der Waals surface area contributed by atoms with Crippen molar-refractivity contribution < 1.29 is 13.9 Å². The molecule has 0 aromatic carbocycles. The number of piperidine rings is 1. The van der Waals surface area contributed by atoms with Gasteiger partial charge in [-0.05, 0) is 40.7 Å². The third-order valence-corrected chi connectivity index (χ3v) is 2.62. The molecule has 0 aromatic heterocycles. The summed E-state index contributed by atoms with van der Waals surface area (Å²) < 4.78 is 18.8. The summed E-state index contributed by atoms with van der Waals surface area (Å²) in [5, 5.41) is 5.57. The topological polar surface area (TPSA) is 50.4 Å². The van der Waals surface area contributed by atoms with Gasteiger partial charge in [-0.25, -0.2) is 9.18 Å². The molecule has 0 saturated carbocycles. The average molecular weight is 232 g/mol. The highest BCUT2D eigenvalue weighted by atomic mass is 19.1. The SMILES string of the molecule is CC(C)(C)OC(=O)NC1(C)CCNCC1F. The van der Waals surface area contributed by atoms with E-state index in [1.54, 1.807) is 27.7 Å². The molecule has 5 heteroatoms. The highest BCUT2D eigenvalue weighted by molar-refractivity contribution is 5.68. The molecule has 1 saturated heterocycles. The summed E-state index contributed by atoms with van der Waals surface area (Å²) in [7, 11) is 0. The number of alkyl carbamates (subject to hydrolysis) is 1. The molecule has 1 fully saturated rings. The molecule has 0 bridgehead atoms. The monoisotopic (exact) mass is 232 g/mol. The van der Waals surface area contributed by atoms with E-state index in [1.807, 2.05) is 0 Å². The first kappa shape index (κ1) is 13.2. The van der Waals surface area contributed by atoms with E-state index in [-0.39, 0.29) is 6.54 Å². The van der Waals surface area contributed by atoms with Gasteiger partial charge in [-0.3, -0.25) is 0 Å². The van der Waals surface area contributed by atoms with Crippen molar-refractivity contribution in [3.8, 4) is 0 Å². The number of halogens is 1. The number of ether oxygens (including phenoxy) is 1. The molecule has 0 spiro atoms. The minimum atomic E-state index is -1.09. The van der Waals surface area contributed by atoms with Crippen LogP contribution in [0.5, 0.6) is 0 Å². The lowest BCUT2D eigenvalue weighted by atomic mass is 9.89. The molecule has 2 N–H and O–H groups in total. The quantitative estimate of drug-likeness (QED) is 0.722. The van der Waals surface area contributed by atoms with E-state index < -0.39 is 23.4 Å². The molecule has 0 radical (unpaired) electrons. The van der Waals surface area contributed by atoms with Gasteiger partial charge < -0.3 is 15.4 Å². The Morgan fingerprint density at radius 1 is 1.56 bits per heavy atom. The predicted molar refractivity (Wildman–Crippen MR) is 60.2 cm³/mol. The molecule has 2 atom stereocenters. The lowest BCUT2D eigenvalue weighted by molar-refractivity contribution is 0.0349. The van der Waals surface area contributed by atoms with Crippen LogP contribution in [0, 0.1) is 0 Å². The normalized spacial score (nSPS) is 30.9. The summed E-state index contributed by atoms with van der Waals surface area (Å²) in [6, 6.07) is 0. The highest BCUT2D eigenvalue weighted by Crippen LogP contribution is 2.21. The summed E-state index contributed by atoms with van der Waals surface area (Å²) in [5.74, 6) is 0. The number of carbonyl (C=O) groups excluding carboxylic acids is 1. The first-order chi connectivity index (χ1) is 7.23. The van der Waals surface area contributed by atoms with Crippen LogP contribution in [0.3, 0.4) is 0 Å². The molecule has 16 heavy (non-hydrogen) atoms. The minimum Gasteiger partial charge on any atom is -0.444 e. The van der Waals surface area contributed by atoms with Crippen molar-refractivity contribution in [3.05, 3.63) is 0 Å². The second-order valence-corrected chi connectivity index (χ2v) is 5.47. The van der Waals surface area contributed by atoms with Crippen LogP contribution in [0.4, 0.5) is 9.18 Å². The van der Waals surface area contributed by atoms with Gasteiger partial charge >= 0.3 is 6.09 Å². The molecule has 2 unspecified atom stereocenters. The van der Waals surface area contributed by atoms with Crippen molar-refractivity contribution in [3.63, 3.8) is 0 Å². The van der Waals surface area contributed by atoms with Crippen LogP contribution >= 0.6 is 0 Å². The molecular weight excluding hydrogens is 211 g/mol. The van der Waals surface area contributed by atoms with Gasteiger partial charge in [0.2, 0.25) is 0 Å². The van der Waals surface area contributed by atoms with Crippen molar-refractivity contribution in [2.45, 2.75) is 51.4 Å². The van der Waals surface area contributed by atoms with Gasteiger partial charge in [0, 0.05) is 6.54 Å². The standard InChI is InChI=1S/C11H21FN2O2/c1-10(2,3)16-9(15)14-11(4)5-6-13-7-8(11)12/h8,13H,5-7H2,1-4H3,(H,14,15). The van der Waals surface area contributed by atoms with Crippen molar-refractivity contribution in [1.29, 1.82) is 0 Å². The summed E-state index contributed by atoms with van der Waals surface area (Å²) in [6.07, 6.45) is -1.08. The maximum Gasteiger partial charge on any atom is 0.408 e. The zero-order chi connectivity index (χ0) is 12.4. The summed E-state index contributed by atoms with van der Waals surface area (Å²) in [6.45, 7) is 8.03. The molecule has 1 aliphatic rings. The van der Waals surface area contributed by atoms with Gasteiger partial charge in [0.15, 0.2) is 0 Å². The fourth-order valence-corrected chi connectivity index (χ4v) is 1.64. The molecule has 0 aromatic rings. The van der Waals surface area contributed by atoms with E-state index in [0.717, 1.165) is 0 Å². The van der Waals surface area contributed by atoms with Crippen LogP contribution in [0.1, 0.15) is 34.1 Å². The highest BCUT2D eigenvalue weighted by Gasteiger charge is 2.39. The largest absolute Gasteiger partial charge is 0.444 e. The Kier molecular flexibility index (Phi) is 3.78. The molecule has 4 nitrogen and oxygen atoms in total. The lowest BCUT2D eigenvalue weighted by Crippen LogP contribution is -2.60. The Hall–Kier alpha value is -0.840. The van der Waals surface area contributed by atoms with Crippen LogP contribution in [-0.4, -0.2) is 36.5 Å².